The fourth-order valence-corrected chi connectivity index (χ4v) is 8.15. The van der Waals surface area contributed by atoms with Crippen LogP contribution in [0, 0.1) is 0 Å². The Bertz CT molecular complexity index is 3210. The van der Waals surface area contributed by atoms with Gasteiger partial charge in [-0.05, 0) is 93.2 Å². The van der Waals surface area contributed by atoms with Crippen LogP contribution in [0.15, 0.2) is 209 Å². The minimum Gasteiger partial charge on any atom is -0.456 e. The summed E-state index contributed by atoms with van der Waals surface area (Å²) in [5.74, 6) is 0. The quantitative estimate of drug-likeness (QED) is 0.173. The molecule has 0 unspecified atom stereocenters. The number of fused-ring (bicyclic) bond motifs is 7. The molecule has 11 rings (SSSR count). The highest BCUT2D eigenvalue weighted by molar-refractivity contribution is 6.11. The van der Waals surface area contributed by atoms with Crippen molar-refractivity contribution in [3.63, 3.8) is 0 Å². The van der Waals surface area contributed by atoms with Crippen molar-refractivity contribution in [3.05, 3.63) is 200 Å². The zero-order valence-corrected chi connectivity index (χ0v) is 29.8. The van der Waals surface area contributed by atoms with Crippen molar-refractivity contribution in [3.8, 4) is 33.4 Å². The molecule has 0 N–H and O–H groups in total. The van der Waals surface area contributed by atoms with Gasteiger partial charge in [-0.1, -0.05) is 146 Å². The number of nitrogens with zero attached hydrogens (tertiary/aromatic N) is 1. The van der Waals surface area contributed by atoms with Crippen LogP contribution < -0.4 is 4.90 Å². The van der Waals surface area contributed by atoms with E-state index in [-0.39, 0.29) is 0 Å². The zero-order valence-electron chi connectivity index (χ0n) is 29.8. The normalized spacial score (nSPS) is 11.6. The monoisotopic (exact) mass is 703 g/mol. The van der Waals surface area contributed by atoms with Crippen LogP contribution in [-0.4, -0.2) is 0 Å². The Morgan fingerprint density at radius 3 is 1.75 bits per heavy atom. The Morgan fingerprint density at radius 2 is 0.909 bits per heavy atom. The lowest BCUT2D eigenvalue weighted by Gasteiger charge is -2.29. The summed E-state index contributed by atoms with van der Waals surface area (Å²) < 4.78 is 13.0. The van der Waals surface area contributed by atoms with E-state index in [0.717, 1.165) is 94.3 Å². The van der Waals surface area contributed by atoms with E-state index in [0.29, 0.717) is 0 Å². The van der Waals surface area contributed by atoms with Gasteiger partial charge in [0.1, 0.15) is 16.7 Å². The van der Waals surface area contributed by atoms with E-state index >= 15 is 0 Å². The average Bonchev–Trinajstić information content (AvgIpc) is 3.83. The van der Waals surface area contributed by atoms with Gasteiger partial charge in [-0.25, -0.2) is 0 Å². The molecule has 3 nitrogen and oxygen atoms in total. The van der Waals surface area contributed by atoms with Gasteiger partial charge in [0.25, 0.3) is 0 Å². The minimum absolute atomic E-state index is 0.846. The van der Waals surface area contributed by atoms with Crippen LogP contribution in [0.25, 0.3) is 88.0 Å². The van der Waals surface area contributed by atoms with Crippen molar-refractivity contribution in [1.29, 1.82) is 0 Å². The number of furan rings is 2. The van der Waals surface area contributed by atoms with Crippen LogP contribution >= 0.6 is 0 Å². The first-order valence-electron chi connectivity index (χ1n) is 18.7. The molecular formula is C52H33NO2. The second kappa shape index (κ2) is 12.6. The summed E-state index contributed by atoms with van der Waals surface area (Å²) in [6.45, 7) is 0. The molecule has 2 heterocycles. The summed E-state index contributed by atoms with van der Waals surface area (Å²) in [7, 11) is 0. The number of para-hydroxylation sites is 3. The lowest BCUT2D eigenvalue weighted by molar-refractivity contribution is 0.668. The zero-order chi connectivity index (χ0) is 36.3. The van der Waals surface area contributed by atoms with Crippen LogP contribution in [0.4, 0.5) is 17.1 Å². The van der Waals surface area contributed by atoms with Gasteiger partial charge >= 0.3 is 0 Å². The molecule has 0 spiro atoms. The van der Waals surface area contributed by atoms with Crippen molar-refractivity contribution in [2.45, 2.75) is 0 Å². The minimum atomic E-state index is 0.846. The Labute approximate surface area is 317 Å². The molecule has 2 aromatic heterocycles. The van der Waals surface area contributed by atoms with Crippen molar-refractivity contribution in [2.75, 3.05) is 4.90 Å². The predicted molar refractivity (Wildman–Crippen MR) is 229 cm³/mol. The van der Waals surface area contributed by atoms with E-state index in [1.807, 2.05) is 24.3 Å². The van der Waals surface area contributed by atoms with Crippen molar-refractivity contribution < 1.29 is 8.83 Å². The maximum absolute atomic E-state index is 6.72. The first kappa shape index (κ1) is 31.2. The van der Waals surface area contributed by atoms with Gasteiger partial charge in [0.05, 0.1) is 11.4 Å². The third kappa shape index (κ3) is 5.28. The highest BCUT2D eigenvalue weighted by atomic mass is 16.3. The maximum atomic E-state index is 6.72. The largest absolute Gasteiger partial charge is 0.456 e. The highest BCUT2D eigenvalue weighted by Gasteiger charge is 2.23. The highest BCUT2D eigenvalue weighted by Crippen LogP contribution is 2.47. The molecule has 11 aromatic rings. The Hall–Kier alpha value is -7.36. The molecule has 0 saturated carbocycles. The summed E-state index contributed by atoms with van der Waals surface area (Å²) in [6.07, 6.45) is 0. The molecule has 0 radical (unpaired) electrons. The van der Waals surface area contributed by atoms with Crippen LogP contribution in [0.3, 0.4) is 0 Å². The number of benzene rings is 9. The number of anilines is 3. The van der Waals surface area contributed by atoms with Crippen LogP contribution in [0.2, 0.25) is 0 Å². The molecule has 3 heteroatoms. The van der Waals surface area contributed by atoms with Crippen molar-refractivity contribution in [1.82, 2.24) is 0 Å². The van der Waals surface area contributed by atoms with Crippen LogP contribution in [0.1, 0.15) is 0 Å². The molecule has 0 aliphatic rings. The molecule has 0 saturated heterocycles. The van der Waals surface area contributed by atoms with Crippen molar-refractivity contribution in [2.24, 2.45) is 0 Å². The van der Waals surface area contributed by atoms with E-state index in [1.165, 1.54) is 10.8 Å². The van der Waals surface area contributed by atoms with Crippen LogP contribution in [0.5, 0.6) is 0 Å². The molecule has 0 aliphatic carbocycles. The number of rotatable bonds is 6. The molecular weight excluding hydrogens is 671 g/mol. The van der Waals surface area contributed by atoms with Crippen LogP contribution in [-0.2, 0) is 0 Å². The topological polar surface area (TPSA) is 29.5 Å². The summed E-state index contributed by atoms with van der Waals surface area (Å²) in [5, 5.41) is 6.89. The standard InChI is InChI=1S/C52H33NO2/c1-2-12-36(13-3-1)42-29-25-39(38-22-21-34-11-4-5-14-37(34)31-38)32-48(42)53(47-18-10-17-46-44-16-7-9-20-50(44)55-52(46)47)41-27-23-35(24-28-41)40-26-30-45-43-15-6-8-19-49(43)54-51(45)33-40/h1-33H. The molecule has 9 aromatic carbocycles. The fourth-order valence-electron chi connectivity index (χ4n) is 8.15. The molecule has 258 valence electrons. The second-order valence-corrected chi connectivity index (χ2v) is 14.1. The summed E-state index contributed by atoms with van der Waals surface area (Å²) >= 11 is 0. The van der Waals surface area contributed by atoms with E-state index in [4.69, 9.17) is 8.83 Å². The fraction of sp³-hybridized carbons (Fsp3) is 0. The van der Waals surface area contributed by atoms with Gasteiger partial charge in [0, 0.05) is 32.8 Å². The third-order valence-corrected chi connectivity index (χ3v) is 10.9. The summed E-state index contributed by atoms with van der Waals surface area (Å²) in [6, 6.07) is 71.1. The predicted octanol–water partition coefficient (Wildman–Crippen LogP) is 15.1. The smallest absolute Gasteiger partial charge is 0.159 e. The molecule has 0 fully saturated rings. The van der Waals surface area contributed by atoms with Crippen molar-refractivity contribution >= 4 is 71.7 Å². The van der Waals surface area contributed by atoms with E-state index in [1.54, 1.807) is 0 Å². The van der Waals surface area contributed by atoms with Gasteiger partial charge < -0.3 is 13.7 Å². The Kier molecular flexibility index (Phi) is 7.17. The summed E-state index contributed by atoms with van der Waals surface area (Å²) in [4.78, 5) is 2.36. The molecule has 55 heavy (non-hydrogen) atoms. The second-order valence-electron chi connectivity index (χ2n) is 14.1. The van der Waals surface area contributed by atoms with Gasteiger partial charge in [-0.3, -0.25) is 0 Å². The lowest BCUT2D eigenvalue weighted by Crippen LogP contribution is -2.12. The SMILES string of the molecule is c1ccc(-c2ccc(-c3ccc4ccccc4c3)cc2N(c2ccc(-c3ccc4c(c3)oc3ccccc34)cc2)c2cccc3c2oc2ccccc23)cc1. The van der Waals surface area contributed by atoms with E-state index < -0.39 is 0 Å². The van der Waals surface area contributed by atoms with Gasteiger partial charge in [-0.15, -0.1) is 0 Å². The Balaban J connectivity index is 1.12. The lowest BCUT2D eigenvalue weighted by atomic mass is 9.95. The van der Waals surface area contributed by atoms with Gasteiger partial charge in [-0.2, -0.15) is 0 Å². The number of hydrogen-bond donors (Lipinski definition) is 0. The summed E-state index contributed by atoms with van der Waals surface area (Å²) in [5.41, 5.74) is 13.3. The van der Waals surface area contributed by atoms with Gasteiger partial charge in [0.2, 0.25) is 0 Å². The number of hydrogen-bond acceptors (Lipinski definition) is 3. The van der Waals surface area contributed by atoms with E-state index in [9.17, 15) is 0 Å². The average molecular weight is 704 g/mol. The Morgan fingerprint density at radius 1 is 0.309 bits per heavy atom. The molecule has 0 atom stereocenters. The third-order valence-electron chi connectivity index (χ3n) is 10.9. The maximum Gasteiger partial charge on any atom is 0.159 e. The molecule has 0 bridgehead atoms. The first-order valence-corrected chi connectivity index (χ1v) is 18.7. The molecule has 0 amide bonds. The van der Waals surface area contributed by atoms with Gasteiger partial charge in [0.15, 0.2) is 5.58 Å². The molecule has 0 aliphatic heterocycles. The first-order chi connectivity index (χ1) is 27.2. The van der Waals surface area contributed by atoms with E-state index in [2.05, 4.69) is 181 Å².